The molecule has 0 aromatic heterocycles. The van der Waals surface area contributed by atoms with Gasteiger partial charge in [0.15, 0.2) is 5.78 Å². The van der Waals surface area contributed by atoms with Crippen LogP contribution >= 0.6 is 0 Å². The number of ether oxygens (including phenoxy) is 2. The molecule has 1 unspecified atom stereocenters. The summed E-state index contributed by atoms with van der Waals surface area (Å²) in [7, 11) is 0. The molecular weight excluding hydrogens is 373 g/mol. The van der Waals surface area contributed by atoms with Crippen molar-refractivity contribution in [3.8, 4) is 5.75 Å². The van der Waals surface area contributed by atoms with E-state index in [1.807, 2.05) is 30.3 Å². The molecule has 0 bridgehead atoms. The summed E-state index contributed by atoms with van der Waals surface area (Å²) in [6.07, 6.45) is -5.96. The van der Waals surface area contributed by atoms with E-state index in [0.717, 1.165) is 11.6 Å². The lowest BCUT2D eigenvalue weighted by molar-refractivity contribution is -0.187. The van der Waals surface area contributed by atoms with E-state index in [2.05, 4.69) is 0 Å². The number of fused-ring (bicyclic) bond motifs is 1. The Hall–Kier alpha value is -3.09. The third-order valence-electron chi connectivity index (χ3n) is 4.19. The highest BCUT2D eigenvalue weighted by Gasteiger charge is 2.48. The van der Waals surface area contributed by atoms with Crippen LogP contribution in [0.15, 0.2) is 54.1 Å². The van der Waals surface area contributed by atoms with Crippen LogP contribution < -0.4 is 4.74 Å². The first kappa shape index (κ1) is 19.7. The van der Waals surface area contributed by atoms with Crippen molar-refractivity contribution in [2.75, 3.05) is 6.61 Å². The van der Waals surface area contributed by atoms with E-state index in [0.29, 0.717) is 5.56 Å². The number of benzene rings is 2. The number of hydrogen-bond acceptors (Lipinski definition) is 4. The van der Waals surface area contributed by atoms with E-state index in [1.165, 1.54) is 25.1 Å². The molecule has 3 rings (SSSR count). The van der Waals surface area contributed by atoms with Crippen molar-refractivity contribution in [3.05, 3.63) is 70.8 Å². The van der Waals surface area contributed by atoms with Gasteiger partial charge in [-0.15, -0.1) is 0 Å². The molecule has 1 aliphatic heterocycles. The maximum atomic E-state index is 13.3. The Labute approximate surface area is 159 Å². The third kappa shape index (κ3) is 4.24. The maximum Gasteiger partial charge on any atom is 0.430 e. The van der Waals surface area contributed by atoms with Gasteiger partial charge in [0.25, 0.3) is 0 Å². The molecule has 4 nitrogen and oxygen atoms in total. The highest BCUT2D eigenvalue weighted by Crippen LogP contribution is 2.38. The van der Waals surface area contributed by atoms with Crippen LogP contribution in [-0.4, -0.2) is 30.6 Å². The minimum atomic E-state index is -4.78. The molecule has 1 atom stereocenters. The summed E-state index contributed by atoms with van der Waals surface area (Å²) in [5.74, 6) is -1.35. The van der Waals surface area contributed by atoms with Crippen molar-refractivity contribution in [1.29, 1.82) is 0 Å². The van der Waals surface area contributed by atoms with Crippen LogP contribution in [0, 0.1) is 0 Å². The van der Waals surface area contributed by atoms with E-state index in [9.17, 15) is 22.8 Å². The summed E-state index contributed by atoms with van der Waals surface area (Å²) in [6, 6.07) is 13.2. The lowest BCUT2D eigenvalue weighted by Gasteiger charge is -2.28. The first-order chi connectivity index (χ1) is 13.3. The van der Waals surface area contributed by atoms with Gasteiger partial charge in [-0.05, 0) is 36.8 Å². The first-order valence-electron chi connectivity index (χ1n) is 8.63. The summed E-state index contributed by atoms with van der Waals surface area (Å²) in [5.41, 5.74) is 0.717. The van der Waals surface area contributed by atoms with Gasteiger partial charge in [-0.25, -0.2) is 4.79 Å². The lowest BCUT2D eigenvalue weighted by Crippen LogP contribution is -2.40. The number of ketones is 1. The molecule has 0 saturated heterocycles. The van der Waals surface area contributed by atoms with Crippen LogP contribution in [0.2, 0.25) is 0 Å². The van der Waals surface area contributed by atoms with Gasteiger partial charge < -0.3 is 9.47 Å². The van der Waals surface area contributed by atoms with Crippen molar-refractivity contribution in [1.82, 2.24) is 0 Å². The molecule has 0 fully saturated rings. The van der Waals surface area contributed by atoms with E-state index in [1.54, 1.807) is 0 Å². The number of alkyl halides is 3. The summed E-state index contributed by atoms with van der Waals surface area (Å²) < 4.78 is 49.7. The van der Waals surface area contributed by atoms with Gasteiger partial charge in [-0.2, -0.15) is 13.2 Å². The van der Waals surface area contributed by atoms with Crippen LogP contribution in [-0.2, 0) is 16.0 Å². The first-order valence-corrected chi connectivity index (χ1v) is 8.63. The summed E-state index contributed by atoms with van der Waals surface area (Å²) in [4.78, 5) is 24.5. The Balaban J connectivity index is 1.93. The predicted octanol–water partition coefficient (Wildman–Crippen LogP) is 4.38. The average Bonchev–Trinajstić information content (AvgIpc) is 2.66. The Morgan fingerprint density at radius 1 is 1.11 bits per heavy atom. The van der Waals surface area contributed by atoms with Gasteiger partial charge in [-0.1, -0.05) is 30.3 Å². The molecule has 1 heterocycles. The molecule has 28 heavy (non-hydrogen) atoms. The fourth-order valence-corrected chi connectivity index (χ4v) is 2.88. The molecule has 7 heteroatoms. The average molecular weight is 390 g/mol. The summed E-state index contributed by atoms with van der Waals surface area (Å²) >= 11 is 0. The zero-order valence-electron chi connectivity index (χ0n) is 15.0. The number of esters is 1. The van der Waals surface area contributed by atoms with Crippen LogP contribution in [0.5, 0.6) is 5.75 Å². The van der Waals surface area contributed by atoms with E-state index in [-0.39, 0.29) is 30.1 Å². The Morgan fingerprint density at radius 3 is 2.46 bits per heavy atom. The monoisotopic (exact) mass is 390 g/mol. The largest absolute Gasteiger partial charge is 0.475 e. The molecule has 2 aromatic carbocycles. The van der Waals surface area contributed by atoms with Gasteiger partial charge in [0.1, 0.15) is 5.75 Å². The molecule has 0 amide bonds. The standard InChI is InChI=1S/C21H17F3O4/c1-2-27-20(26)16-12-15-11-14(17(25)10-13-6-4-3-5-7-13)8-9-18(15)28-19(16)21(22,23)24/h3-9,11-12,19H,2,10H2,1H3. The normalized spacial score (nSPS) is 15.9. The molecular formula is C21H17F3O4. The van der Waals surface area contributed by atoms with Gasteiger partial charge in [0.05, 0.1) is 12.2 Å². The molecule has 0 spiro atoms. The molecule has 1 aliphatic rings. The van der Waals surface area contributed by atoms with Gasteiger partial charge in [-0.3, -0.25) is 4.79 Å². The van der Waals surface area contributed by atoms with Crippen LogP contribution in [0.4, 0.5) is 13.2 Å². The lowest BCUT2D eigenvalue weighted by atomic mass is 9.96. The molecule has 0 N–H and O–H groups in total. The van der Waals surface area contributed by atoms with Crippen molar-refractivity contribution in [2.45, 2.75) is 25.6 Å². The van der Waals surface area contributed by atoms with E-state index < -0.39 is 23.8 Å². The molecule has 0 radical (unpaired) electrons. The second kappa shape index (κ2) is 7.88. The fraction of sp³-hybridized carbons (Fsp3) is 0.238. The summed E-state index contributed by atoms with van der Waals surface area (Å²) in [5, 5.41) is 0. The molecule has 0 saturated carbocycles. The van der Waals surface area contributed by atoms with Gasteiger partial charge in [0, 0.05) is 17.5 Å². The van der Waals surface area contributed by atoms with Crippen LogP contribution in [0.1, 0.15) is 28.4 Å². The van der Waals surface area contributed by atoms with E-state index >= 15 is 0 Å². The second-order valence-electron chi connectivity index (χ2n) is 6.20. The van der Waals surface area contributed by atoms with Crippen LogP contribution in [0.3, 0.4) is 0 Å². The molecule has 2 aromatic rings. The topological polar surface area (TPSA) is 52.6 Å². The number of Topliss-reactive ketones (excluding diaryl/α,β-unsaturated/α-hetero) is 1. The van der Waals surface area contributed by atoms with Crippen molar-refractivity contribution >= 4 is 17.8 Å². The Kier molecular flexibility index (Phi) is 5.53. The van der Waals surface area contributed by atoms with Crippen molar-refractivity contribution < 1.29 is 32.2 Å². The zero-order valence-corrected chi connectivity index (χ0v) is 15.0. The Bertz CT molecular complexity index is 917. The number of rotatable bonds is 5. The van der Waals surface area contributed by atoms with Gasteiger partial charge >= 0.3 is 12.1 Å². The SMILES string of the molecule is CCOC(=O)C1=Cc2cc(C(=O)Cc3ccccc3)ccc2OC1C(F)(F)F. The van der Waals surface area contributed by atoms with Crippen LogP contribution in [0.25, 0.3) is 6.08 Å². The Morgan fingerprint density at radius 2 is 1.82 bits per heavy atom. The fourth-order valence-electron chi connectivity index (χ4n) is 2.88. The van der Waals surface area contributed by atoms with Crippen molar-refractivity contribution in [2.24, 2.45) is 0 Å². The predicted molar refractivity (Wildman–Crippen MR) is 96.0 cm³/mol. The summed E-state index contributed by atoms with van der Waals surface area (Å²) in [6.45, 7) is 1.43. The highest BCUT2D eigenvalue weighted by atomic mass is 19.4. The van der Waals surface area contributed by atoms with Gasteiger partial charge in [0.2, 0.25) is 6.10 Å². The number of halogens is 3. The number of hydrogen-bond donors (Lipinski definition) is 0. The maximum absolute atomic E-state index is 13.3. The minimum absolute atomic E-state index is 0.0494. The number of carbonyl (C=O) groups is 2. The highest BCUT2D eigenvalue weighted by molar-refractivity contribution is 6.00. The third-order valence-corrected chi connectivity index (χ3v) is 4.19. The smallest absolute Gasteiger partial charge is 0.430 e. The number of carbonyl (C=O) groups excluding carboxylic acids is 2. The molecule has 0 aliphatic carbocycles. The second-order valence-corrected chi connectivity index (χ2v) is 6.20. The molecule has 146 valence electrons. The van der Waals surface area contributed by atoms with E-state index in [4.69, 9.17) is 9.47 Å². The quantitative estimate of drug-likeness (QED) is 0.562. The van der Waals surface area contributed by atoms with Crippen molar-refractivity contribution in [3.63, 3.8) is 0 Å². The minimum Gasteiger partial charge on any atom is -0.475 e. The zero-order chi connectivity index (χ0) is 20.3.